The summed E-state index contributed by atoms with van der Waals surface area (Å²) in [7, 11) is 4.47. The van der Waals surface area contributed by atoms with Crippen molar-refractivity contribution in [3.8, 4) is 22.8 Å². The van der Waals surface area contributed by atoms with Gasteiger partial charge in [-0.25, -0.2) is 9.78 Å². The number of carbonyl (C=O) groups is 1. The number of carbonyl (C=O) groups excluding carboxylic acids is 1. The quantitative estimate of drug-likeness (QED) is 0.643. The van der Waals surface area contributed by atoms with Crippen LogP contribution in [0.4, 0.5) is 0 Å². The zero-order valence-corrected chi connectivity index (χ0v) is 15.3. The van der Waals surface area contributed by atoms with E-state index in [-0.39, 0.29) is 5.92 Å². The van der Waals surface area contributed by atoms with Crippen LogP contribution in [0.3, 0.4) is 0 Å². The molecule has 0 radical (unpaired) electrons. The fraction of sp³-hybridized carbons (Fsp3) is 0.316. The first-order chi connectivity index (χ1) is 12.5. The molecule has 0 aliphatic rings. The van der Waals surface area contributed by atoms with E-state index in [0.29, 0.717) is 39.6 Å². The highest BCUT2D eigenvalue weighted by Gasteiger charge is 2.23. The second-order valence-corrected chi connectivity index (χ2v) is 6.02. The summed E-state index contributed by atoms with van der Waals surface area (Å²) in [6.45, 7) is 3.95. The highest BCUT2D eigenvalue weighted by Crippen LogP contribution is 2.34. The second-order valence-electron chi connectivity index (χ2n) is 6.02. The van der Waals surface area contributed by atoms with Gasteiger partial charge in [0.1, 0.15) is 0 Å². The minimum atomic E-state index is -0.468. The molecule has 0 fully saturated rings. The third kappa shape index (κ3) is 2.96. The lowest BCUT2D eigenvalue weighted by molar-refractivity contribution is 0.0603. The van der Waals surface area contributed by atoms with E-state index in [9.17, 15) is 4.79 Å². The molecule has 26 heavy (non-hydrogen) atoms. The molecule has 3 rings (SSSR count). The molecule has 0 saturated carbocycles. The predicted octanol–water partition coefficient (Wildman–Crippen LogP) is 3.82. The molecule has 0 N–H and O–H groups in total. The summed E-state index contributed by atoms with van der Waals surface area (Å²) in [4.78, 5) is 16.9. The van der Waals surface area contributed by atoms with Crippen LogP contribution in [0.2, 0.25) is 0 Å². The smallest absolute Gasteiger partial charge is 0.338 e. The number of ether oxygens (including phenoxy) is 3. The first-order valence-electron chi connectivity index (χ1n) is 8.11. The molecule has 0 spiro atoms. The second kappa shape index (κ2) is 7.03. The number of benzene rings is 1. The van der Waals surface area contributed by atoms with E-state index in [2.05, 4.69) is 10.1 Å². The zero-order chi connectivity index (χ0) is 18.8. The molecular weight excluding hydrogens is 336 g/mol. The number of rotatable bonds is 5. The van der Waals surface area contributed by atoms with E-state index in [1.807, 2.05) is 19.9 Å². The topological polar surface area (TPSA) is 83.7 Å². The number of methoxy groups -OCH3 is 3. The average Bonchev–Trinajstić information content (AvgIpc) is 3.10. The maximum absolute atomic E-state index is 12.3. The normalized spacial score (nSPS) is 11.0. The predicted molar refractivity (Wildman–Crippen MR) is 95.8 cm³/mol. The molecule has 7 heteroatoms. The first-order valence-corrected chi connectivity index (χ1v) is 8.11. The van der Waals surface area contributed by atoms with E-state index in [4.69, 9.17) is 18.7 Å². The van der Waals surface area contributed by atoms with Gasteiger partial charge < -0.3 is 18.7 Å². The lowest BCUT2D eigenvalue weighted by Gasteiger charge is -2.10. The lowest BCUT2D eigenvalue weighted by atomic mass is 10.0. The van der Waals surface area contributed by atoms with Crippen molar-refractivity contribution in [1.82, 2.24) is 10.1 Å². The van der Waals surface area contributed by atoms with E-state index in [1.54, 1.807) is 32.4 Å². The van der Waals surface area contributed by atoms with Crippen molar-refractivity contribution in [3.63, 3.8) is 0 Å². The molecule has 0 aliphatic carbocycles. The highest BCUT2D eigenvalue weighted by molar-refractivity contribution is 6.04. The molecule has 3 aromatic rings. The minimum Gasteiger partial charge on any atom is -0.493 e. The van der Waals surface area contributed by atoms with Gasteiger partial charge in [-0.3, -0.25) is 0 Å². The molecule has 0 bridgehead atoms. The average molecular weight is 356 g/mol. The molecule has 0 unspecified atom stereocenters. The van der Waals surface area contributed by atoms with E-state index in [0.717, 1.165) is 5.56 Å². The molecule has 2 aromatic heterocycles. The van der Waals surface area contributed by atoms with Crippen molar-refractivity contribution in [2.75, 3.05) is 21.3 Å². The number of hydrogen-bond donors (Lipinski definition) is 0. The maximum Gasteiger partial charge on any atom is 0.338 e. The Morgan fingerprint density at radius 2 is 1.81 bits per heavy atom. The maximum atomic E-state index is 12.3. The van der Waals surface area contributed by atoms with Gasteiger partial charge in [0.2, 0.25) is 0 Å². The third-order valence-corrected chi connectivity index (χ3v) is 4.10. The van der Waals surface area contributed by atoms with E-state index < -0.39 is 5.97 Å². The van der Waals surface area contributed by atoms with Crippen LogP contribution in [-0.2, 0) is 4.74 Å². The van der Waals surface area contributed by atoms with Gasteiger partial charge >= 0.3 is 5.97 Å². The fourth-order valence-corrected chi connectivity index (χ4v) is 2.78. The van der Waals surface area contributed by atoms with Crippen LogP contribution in [0, 0.1) is 0 Å². The Bertz CT molecular complexity index is 962. The van der Waals surface area contributed by atoms with Gasteiger partial charge in [0.15, 0.2) is 11.5 Å². The van der Waals surface area contributed by atoms with Gasteiger partial charge in [-0.2, -0.15) is 0 Å². The van der Waals surface area contributed by atoms with Crippen LogP contribution < -0.4 is 9.47 Å². The SMILES string of the molecule is COC(=O)c1cc(-c2ccc(OC)c(OC)c2)nc2onc(C(C)C)c12. The zero-order valence-electron chi connectivity index (χ0n) is 15.3. The summed E-state index contributed by atoms with van der Waals surface area (Å²) in [5, 5.41) is 4.66. The summed E-state index contributed by atoms with van der Waals surface area (Å²) in [5.74, 6) is 0.775. The summed E-state index contributed by atoms with van der Waals surface area (Å²) >= 11 is 0. The third-order valence-electron chi connectivity index (χ3n) is 4.10. The first kappa shape index (κ1) is 17.7. The van der Waals surface area contributed by atoms with Crippen molar-refractivity contribution < 1.29 is 23.5 Å². The van der Waals surface area contributed by atoms with Crippen molar-refractivity contribution >= 4 is 17.1 Å². The van der Waals surface area contributed by atoms with E-state index in [1.165, 1.54) is 7.11 Å². The summed E-state index contributed by atoms with van der Waals surface area (Å²) in [6, 6.07) is 7.07. The molecule has 7 nitrogen and oxygen atoms in total. The molecule has 136 valence electrons. The minimum absolute atomic E-state index is 0.0772. The van der Waals surface area contributed by atoms with Crippen molar-refractivity contribution in [2.24, 2.45) is 0 Å². The largest absolute Gasteiger partial charge is 0.493 e. The standard InChI is InChI=1S/C19H20N2O5/c1-10(2)17-16-12(19(22)25-5)9-13(20-18(16)26-21-17)11-6-7-14(23-3)15(8-11)24-4/h6-10H,1-5H3. The molecule has 0 amide bonds. The molecule has 0 atom stereocenters. The van der Waals surface area contributed by atoms with E-state index >= 15 is 0 Å². The van der Waals surface area contributed by atoms with Crippen LogP contribution in [0.25, 0.3) is 22.4 Å². The molecule has 0 aliphatic heterocycles. The van der Waals surface area contributed by atoms with Crippen LogP contribution in [0.5, 0.6) is 11.5 Å². The molecule has 1 aromatic carbocycles. The Balaban J connectivity index is 2.24. The number of fused-ring (bicyclic) bond motifs is 1. The van der Waals surface area contributed by atoms with Gasteiger partial charge in [0.05, 0.1) is 43.7 Å². The van der Waals surface area contributed by atoms with Crippen LogP contribution >= 0.6 is 0 Å². The Kier molecular flexibility index (Phi) is 4.79. The monoisotopic (exact) mass is 356 g/mol. The van der Waals surface area contributed by atoms with Crippen molar-refractivity contribution in [1.29, 1.82) is 0 Å². The molecular formula is C19H20N2O5. The van der Waals surface area contributed by atoms with Gasteiger partial charge in [-0.15, -0.1) is 0 Å². The van der Waals surface area contributed by atoms with Gasteiger partial charge in [-0.1, -0.05) is 19.0 Å². The van der Waals surface area contributed by atoms with Gasteiger partial charge in [0.25, 0.3) is 5.71 Å². The van der Waals surface area contributed by atoms with Gasteiger partial charge in [0, 0.05) is 5.56 Å². The number of pyridine rings is 1. The van der Waals surface area contributed by atoms with Crippen molar-refractivity contribution in [2.45, 2.75) is 19.8 Å². The number of hydrogen-bond acceptors (Lipinski definition) is 7. The van der Waals surface area contributed by atoms with Crippen LogP contribution in [-0.4, -0.2) is 37.4 Å². The number of nitrogens with zero attached hydrogens (tertiary/aromatic N) is 2. The fourth-order valence-electron chi connectivity index (χ4n) is 2.78. The Morgan fingerprint density at radius 3 is 2.42 bits per heavy atom. The molecule has 0 saturated heterocycles. The Labute approximate surface area is 150 Å². The van der Waals surface area contributed by atoms with Gasteiger partial charge in [-0.05, 0) is 30.2 Å². The highest BCUT2D eigenvalue weighted by atomic mass is 16.5. The Morgan fingerprint density at radius 1 is 1.08 bits per heavy atom. The number of aromatic nitrogens is 2. The Hall–Kier alpha value is -3.09. The van der Waals surface area contributed by atoms with Crippen LogP contribution in [0.1, 0.15) is 35.8 Å². The molecule has 2 heterocycles. The van der Waals surface area contributed by atoms with Crippen molar-refractivity contribution in [3.05, 3.63) is 35.5 Å². The lowest BCUT2D eigenvalue weighted by Crippen LogP contribution is -2.05. The summed E-state index contributed by atoms with van der Waals surface area (Å²) in [6.07, 6.45) is 0. The van der Waals surface area contributed by atoms with Crippen LogP contribution in [0.15, 0.2) is 28.8 Å². The number of esters is 1. The summed E-state index contributed by atoms with van der Waals surface area (Å²) in [5.41, 5.74) is 2.63. The summed E-state index contributed by atoms with van der Waals surface area (Å²) < 4.78 is 20.9.